The Hall–Kier alpha value is -3.66. The Morgan fingerprint density at radius 1 is 1.28 bits per heavy atom. The van der Waals surface area contributed by atoms with Crippen LogP contribution in [0.25, 0.3) is 0 Å². The molecule has 0 unspecified atom stereocenters. The smallest absolute Gasteiger partial charge is 0.273 e. The largest absolute Gasteiger partial charge is 0.486 e. The van der Waals surface area contributed by atoms with Crippen LogP contribution < -0.4 is 10.1 Å². The van der Waals surface area contributed by atoms with E-state index in [4.69, 9.17) is 10.00 Å². The molecule has 6 nitrogen and oxygen atoms in total. The van der Waals surface area contributed by atoms with Gasteiger partial charge in [0, 0.05) is 18.0 Å². The van der Waals surface area contributed by atoms with Gasteiger partial charge in [-0.05, 0) is 35.9 Å². The van der Waals surface area contributed by atoms with Crippen LogP contribution in [0.1, 0.15) is 21.6 Å². The molecule has 0 saturated heterocycles. The molecule has 0 bridgehead atoms. The summed E-state index contributed by atoms with van der Waals surface area (Å²) in [6, 6.07) is 14.6. The zero-order valence-corrected chi connectivity index (χ0v) is 13.0. The summed E-state index contributed by atoms with van der Waals surface area (Å²) < 4.78 is 19.6. The minimum absolute atomic E-state index is 0.0573. The highest BCUT2D eigenvalue weighted by Gasteiger charge is 2.10. The lowest BCUT2D eigenvalue weighted by atomic mass is 10.1. The number of hydrogen-bond donors (Lipinski definition) is 2. The minimum Gasteiger partial charge on any atom is -0.486 e. The molecule has 1 aromatic heterocycles. The number of aromatic amines is 1. The van der Waals surface area contributed by atoms with E-state index in [1.807, 2.05) is 6.07 Å². The number of carbonyl (C=O) groups excluding carboxylic acids is 1. The summed E-state index contributed by atoms with van der Waals surface area (Å²) in [5.41, 5.74) is 1.85. The summed E-state index contributed by atoms with van der Waals surface area (Å²) in [4.78, 5) is 11.9. The number of H-pyrrole nitrogens is 1. The van der Waals surface area contributed by atoms with Gasteiger partial charge in [0.15, 0.2) is 11.6 Å². The van der Waals surface area contributed by atoms with E-state index in [2.05, 4.69) is 15.5 Å². The van der Waals surface area contributed by atoms with Crippen LogP contribution in [0.3, 0.4) is 0 Å². The fraction of sp³-hybridized carbons (Fsp3) is 0.0556. The van der Waals surface area contributed by atoms with Gasteiger partial charge in [-0.2, -0.15) is 10.4 Å². The number of nitrogens with zero attached hydrogens (tertiary/aromatic N) is 2. The van der Waals surface area contributed by atoms with Gasteiger partial charge in [-0.1, -0.05) is 12.1 Å². The van der Waals surface area contributed by atoms with E-state index < -0.39 is 11.7 Å². The summed E-state index contributed by atoms with van der Waals surface area (Å²) in [5.74, 6) is -0.959. The number of amides is 1. The van der Waals surface area contributed by atoms with Crippen molar-refractivity contribution in [3.05, 3.63) is 77.4 Å². The molecule has 0 atom stereocenters. The van der Waals surface area contributed by atoms with Gasteiger partial charge < -0.3 is 10.1 Å². The first-order chi connectivity index (χ1) is 12.2. The Bertz CT molecular complexity index is 932. The Balaban J connectivity index is 1.65. The second kappa shape index (κ2) is 7.27. The third-order valence-electron chi connectivity index (χ3n) is 3.39. The van der Waals surface area contributed by atoms with Crippen LogP contribution in [-0.4, -0.2) is 16.1 Å². The van der Waals surface area contributed by atoms with E-state index in [1.165, 1.54) is 24.4 Å². The van der Waals surface area contributed by atoms with Crippen molar-refractivity contribution in [1.82, 2.24) is 10.2 Å². The molecule has 124 valence electrons. The first-order valence-electron chi connectivity index (χ1n) is 7.38. The summed E-state index contributed by atoms with van der Waals surface area (Å²) in [6.45, 7) is 0.131. The highest BCUT2D eigenvalue weighted by Crippen LogP contribution is 2.22. The molecule has 3 aromatic rings. The summed E-state index contributed by atoms with van der Waals surface area (Å²) in [7, 11) is 0. The Morgan fingerprint density at radius 3 is 2.88 bits per heavy atom. The van der Waals surface area contributed by atoms with Gasteiger partial charge in [0.25, 0.3) is 5.91 Å². The van der Waals surface area contributed by atoms with Crippen LogP contribution in [0, 0.1) is 17.1 Å². The zero-order valence-electron chi connectivity index (χ0n) is 13.0. The van der Waals surface area contributed by atoms with Gasteiger partial charge in [-0.3, -0.25) is 9.89 Å². The number of rotatable bonds is 5. The molecule has 0 aliphatic heterocycles. The van der Waals surface area contributed by atoms with Crippen molar-refractivity contribution in [2.75, 3.05) is 5.32 Å². The van der Waals surface area contributed by atoms with Gasteiger partial charge in [-0.15, -0.1) is 0 Å². The molecule has 2 aromatic carbocycles. The van der Waals surface area contributed by atoms with Crippen molar-refractivity contribution in [3.8, 4) is 11.8 Å². The molecule has 0 fully saturated rings. The van der Waals surface area contributed by atoms with Crippen LogP contribution in [0.4, 0.5) is 10.1 Å². The van der Waals surface area contributed by atoms with E-state index >= 15 is 0 Å². The molecule has 7 heteroatoms. The minimum atomic E-state index is -0.598. The van der Waals surface area contributed by atoms with Gasteiger partial charge in [-0.25, -0.2) is 4.39 Å². The zero-order chi connectivity index (χ0) is 17.6. The maximum Gasteiger partial charge on any atom is 0.273 e. The highest BCUT2D eigenvalue weighted by atomic mass is 19.1. The van der Waals surface area contributed by atoms with Crippen molar-refractivity contribution in [3.63, 3.8) is 0 Å². The quantitative estimate of drug-likeness (QED) is 0.748. The molecule has 25 heavy (non-hydrogen) atoms. The average Bonchev–Trinajstić information content (AvgIpc) is 3.16. The summed E-state index contributed by atoms with van der Waals surface area (Å²) in [6.07, 6.45) is 1.45. The molecule has 2 N–H and O–H groups in total. The normalized spacial score (nSPS) is 10.1. The van der Waals surface area contributed by atoms with Gasteiger partial charge in [0.1, 0.15) is 12.3 Å². The molecular weight excluding hydrogens is 323 g/mol. The van der Waals surface area contributed by atoms with Crippen molar-refractivity contribution in [1.29, 1.82) is 5.26 Å². The van der Waals surface area contributed by atoms with E-state index in [0.29, 0.717) is 11.3 Å². The van der Waals surface area contributed by atoms with Gasteiger partial charge in [0.2, 0.25) is 0 Å². The Kier molecular flexibility index (Phi) is 4.72. The van der Waals surface area contributed by atoms with Gasteiger partial charge >= 0.3 is 0 Å². The molecule has 1 amide bonds. The number of nitriles is 1. The molecule has 0 aliphatic carbocycles. The second-order valence-electron chi connectivity index (χ2n) is 5.17. The lowest BCUT2D eigenvalue weighted by molar-refractivity contribution is 0.102. The van der Waals surface area contributed by atoms with E-state index in [9.17, 15) is 9.18 Å². The van der Waals surface area contributed by atoms with Crippen LogP contribution in [0.2, 0.25) is 0 Å². The molecule has 3 rings (SSSR count). The predicted octanol–water partition coefficient (Wildman–Crippen LogP) is 3.25. The third-order valence-corrected chi connectivity index (χ3v) is 3.39. The number of aromatic nitrogens is 2. The molecule has 0 radical (unpaired) electrons. The van der Waals surface area contributed by atoms with Crippen molar-refractivity contribution in [2.24, 2.45) is 0 Å². The van der Waals surface area contributed by atoms with E-state index in [-0.39, 0.29) is 18.1 Å². The maximum atomic E-state index is 14.1. The summed E-state index contributed by atoms with van der Waals surface area (Å²) in [5, 5.41) is 17.6. The molecular formula is C18H13FN4O2. The number of carbonyl (C=O) groups is 1. The van der Waals surface area contributed by atoms with Gasteiger partial charge in [0.05, 0.1) is 11.6 Å². The molecule has 0 spiro atoms. The SMILES string of the molecule is N#Cc1cccc(COc2ccc(NC(=O)c3ccn[nH]3)cc2F)c1. The van der Waals surface area contributed by atoms with Crippen LogP contribution in [0.5, 0.6) is 5.75 Å². The first-order valence-corrected chi connectivity index (χ1v) is 7.38. The van der Waals surface area contributed by atoms with E-state index in [1.54, 1.807) is 30.3 Å². The number of ether oxygens (including phenoxy) is 1. The third kappa shape index (κ3) is 4.00. The summed E-state index contributed by atoms with van der Waals surface area (Å²) >= 11 is 0. The topological polar surface area (TPSA) is 90.8 Å². The van der Waals surface area contributed by atoms with Crippen LogP contribution >= 0.6 is 0 Å². The molecule has 0 saturated carbocycles. The maximum absolute atomic E-state index is 14.1. The second-order valence-corrected chi connectivity index (χ2v) is 5.17. The van der Waals surface area contributed by atoms with E-state index in [0.717, 1.165) is 5.56 Å². The monoisotopic (exact) mass is 336 g/mol. The lowest BCUT2D eigenvalue weighted by Gasteiger charge is -2.09. The molecule has 0 aliphatic rings. The van der Waals surface area contributed by atoms with Crippen molar-refractivity contribution >= 4 is 11.6 Å². The fourth-order valence-electron chi connectivity index (χ4n) is 2.17. The highest BCUT2D eigenvalue weighted by molar-refractivity contribution is 6.02. The number of anilines is 1. The number of benzene rings is 2. The first kappa shape index (κ1) is 16.2. The number of hydrogen-bond acceptors (Lipinski definition) is 4. The van der Waals surface area contributed by atoms with Crippen molar-refractivity contribution in [2.45, 2.75) is 6.61 Å². The van der Waals surface area contributed by atoms with Crippen molar-refractivity contribution < 1.29 is 13.9 Å². The number of nitrogens with one attached hydrogen (secondary N) is 2. The Morgan fingerprint density at radius 2 is 2.16 bits per heavy atom. The fourth-order valence-corrected chi connectivity index (χ4v) is 2.17. The predicted molar refractivity (Wildman–Crippen MR) is 88.4 cm³/mol. The van der Waals surface area contributed by atoms with Crippen LogP contribution in [-0.2, 0) is 6.61 Å². The average molecular weight is 336 g/mol. The standard InChI is InChI=1S/C18H13FN4O2/c19-15-9-14(22-18(24)16-6-7-21-23-16)4-5-17(15)25-11-13-3-1-2-12(8-13)10-20/h1-9H,11H2,(H,21,23)(H,22,24). The Labute approximate surface area is 142 Å². The lowest BCUT2D eigenvalue weighted by Crippen LogP contribution is -2.12. The van der Waals surface area contributed by atoms with Crippen LogP contribution in [0.15, 0.2) is 54.7 Å². The molecule has 1 heterocycles. The number of halogens is 1.